The number of aromatic carboxylic acids is 1. The van der Waals surface area contributed by atoms with Crippen LogP contribution in [0.15, 0.2) is 65.7 Å². The summed E-state index contributed by atoms with van der Waals surface area (Å²) in [7, 11) is -2.24. The second kappa shape index (κ2) is 15.4. The van der Waals surface area contributed by atoms with E-state index in [9.17, 15) is 18.3 Å². The molecule has 5 aromatic rings. The second-order valence-corrected chi connectivity index (χ2v) is 16.9. The predicted octanol–water partition coefficient (Wildman–Crippen LogP) is 6.89. The van der Waals surface area contributed by atoms with E-state index in [0.717, 1.165) is 64.6 Å². The maximum Gasteiger partial charge on any atom is 0.335 e. The third kappa shape index (κ3) is 8.56. The molecule has 286 valence electrons. The van der Waals surface area contributed by atoms with E-state index < -0.39 is 16.0 Å². The number of carbonyl (C=O) groups is 1. The molecule has 0 aliphatic carbocycles. The van der Waals surface area contributed by atoms with E-state index in [1.165, 1.54) is 18.2 Å². The van der Waals surface area contributed by atoms with Crippen molar-refractivity contribution in [2.75, 3.05) is 11.3 Å². The number of anilines is 1. The van der Waals surface area contributed by atoms with Crippen LogP contribution in [0, 0.1) is 13.8 Å². The molecular weight excluding hydrogens is 707 g/mol. The highest BCUT2D eigenvalue weighted by Gasteiger charge is 2.32. The quantitative estimate of drug-likeness (QED) is 0.128. The number of carboxylic acid groups (broad SMARTS) is 1. The molecule has 6 rings (SSSR count). The van der Waals surface area contributed by atoms with Gasteiger partial charge in [0.25, 0.3) is 10.0 Å². The minimum Gasteiger partial charge on any atom is -0.478 e. The van der Waals surface area contributed by atoms with Gasteiger partial charge in [-0.05, 0) is 82.3 Å². The van der Waals surface area contributed by atoms with Crippen LogP contribution in [0.2, 0.25) is 0 Å². The van der Waals surface area contributed by atoms with Gasteiger partial charge in [0.2, 0.25) is 11.8 Å². The van der Waals surface area contributed by atoms with Gasteiger partial charge in [-0.1, -0.05) is 45.0 Å². The van der Waals surface area contributed by atoms with Gasteiger partial charge in [0.05, 0.1) is 52.3 Å². The van der Waals surface area contributed by atoms with Crippen LogP contribution in [0.25, 0.3) is 22.4 Å². The zero-order valence-corrected chi connectivity index (χ0v) is 32.9. The lowest BCUT2D eigenvalue weighted by Crippen LogP contribution is -2.46. The Bertz CT molecular complexity index is 2260. The molecule has 13 nitrogen and oxygen atoms in total. The summed E-state index contributed by atoms with van der Waals surface area (Å²) in [5, 5.41) is 13.2. The van der Waals surface area contributed by atoms with E-state index in [4.69, 9.17) is 19.4 Å². The Morgan fingerprint density at radius 1 is 1.04 bits per heavy atom. The van der Waals surface area contributed by atoms with E-state index in [1.807, 2.05) is 59.1 Å². The topological polar surface area (TPSA) is 170 Å². The number of carboxylic acids is 1. The standard InChI is InChI=1S/C40H49N7O6S/c1-23(2)53-33-17-11-16-28(31-21-41-30-19-34(40(5,6)7)47(8)37(30)43-31)42-32(33)22-52-35-20-29(36-24(3)12-9-13-25(36)4)44-39(45-35)46-54(50,51)27-15-10-14-26(18-27)38(48)49/h9-10,12-15,18-21,23,28,32-33,42H,11,16-17,22H2,1-8H3,(H,48,49)(H,44,45,46)/t28-,32-,33-/m0/s1. The Morgan fingerprint density at radius 3 is 2.44 bits per heavy atom. The number of rotatable bonds is 11. The number of aryl methyl sites for hydroxylation is 3. The molecule has 0 unspecified atom stereocenters. The monoisotopic (exact) mass is 755 g/mol. The molecule has 3 aromatic heterocycles. The molecule has 2 aromatic carbocycles. The van der Waals surface area contributed by atoms with Crippen molar-refractivity contribution < 1.29 is 27.8 Å². The van der Waals surface area contributed by atoms with E-state index in [2.05, 4.69) is 51.4 Å². The first kappa shape index (κ1) is 38.8. The molecule has 0 saturated carbocycles. The molecule has 0 bridgehead atoms. The van der Waals surface area contributed by atoms with Crippen LogP contribution in [0.5, 0.6) is 5.88 Å². The molecule has 1 fully saturated rings. The number of fused-ring (bicyclic) bond motifs is 1. The van der Waals surface area contributed by atoms with Gasteiger partial charge in [0.1, 0.15) is 12.1 Å². The summed E-state index contributed by atoms with van der Waals surface area (Å²) in [4.78, 5) is 30.3. The molecule has 3 N–H and O–H groups in total. The molecule has 4 heterocycles. The summed E-state index contributed by atoms with van der Waals surface area (Å²) in [6, 6.07) is 14.3. The molecular formula is C40H49N7O6S. The van der Waals surface area contributed by atoms with Crippen LogP contribution >= 0.6 is 0 Å². The van der Waals surface area contributed by atoms with Crippen molar-refractivity contribution in [2.24, 2.45) is 7.05 Å². The molecule has 3 atom stereocenters. The molecule has 54 heavy (non-hydrogen) atoms. The fraction of sp³-hybridized carbons (Fsp3) is 0.425. The van der Waals surface area contributed by atoms with Gasteiger partial charge in [-0.15, -0.1) is 0 Å². The zero-order chi connectivity index (χ0) is 38.9. The number of nitrogens with zero attached hydrogens (tertiary/aromatic N) is 5. The van der Waals surface area contributed by atoms with Gasteiger partial charge in [-0.25, -0.2) is 27.9 Å². The SMILES string of the molecule is Cc1cccc(C)c1-c1cc(OC[C@@H]2N[C@H](c3cnc4cc(C(C)(C)C)n(C)c4n3)CCC[C@@H]2OC(C)C)nc(NS(=O)(=O)c2cccc(C(=O)O)c2)n1. The largest absolute Gasteiger partial charge is 0.478 e. The average molecular weight is 756 g/mol. The van der Waals surface area contributed by atoms with Crippen molar-refractivity contribution in [3.05, 3.63) is 88.9 Å². The lowest BCUT2D eigenvalue weighted by molar-refractivity contribution is -0.0249. The molecule has 1 saturated heterocycles. The normalized spacial score (nSPS) is 18.1. The van der Waals surface area contributed by atoms with Gasteiger partial charge in [0.15, 0.2) is 5.65 Å². The molecule has 0 spiro atoms. The number of benzene rings is 2. The minimum atomic E-state index is -4.27. The number of aromatic nitrogens is 5. The summed E-state index contributed by atoms with van der Waals surface area (Å²) >= 11 is 0. The third-order valence-electron chi connectivity index (χ3n) is 9.64. The van der Waals surface area contributed by atoms with Crippen LogP contribution in [0.1, 0.15) is 92.8 Å². The molecule has 0 amide bonds. The summed E-state index contributed by atoms with van der Waals surface area (Å²) in [6.07, 6.45) is 4.14. The third-order valence-corrected chi connectivity index (χ3v) is 11.0. The summed E-state index contributed by atoms with van der Waals surface area (Å²) < 4.78 is 44.5. The molecule has 1 aliphatic rings. The number of hydrogen-bond acceptors (Lipinski definition) is 10. The Morgan fingerprint density at radius 2 is 1.76 bits per heavy atom. The Hall–Kier alpha value is -4.92. The van der Waals surface area contributed by atoms with E-state index in [-0.39, 0.29) is 58.6 Å². The number of sulfonamides is 1. The van der Waals surface area contributed by atoms with Crippen molar-refractivity contribution in [1.82, 2.24) is 29.8 Å². The first-order valence-electron chi connectivity index (χ1n) is 18.2. The van der Waals surface area contributed by atoms with Crippen molar-refractivity contribution in [2.45, 2.75) is 102 Å². The lowest BCUT2D eigenvalue weighted by atomic mass is 9.92. The second-order valence-electron chi connectivity index (χ2n) is 15.3. The number of ether oxygens (including phenoxy) is 2. The van der Waals surface area contributed by atoms with Gasteiger partial charge >= 0.3 is 5.97 Å². The van der Waals surface area contributed by atoms with Gasteiger partial charge in [-0.2, -0.15) is 4.98 Å². The van der Waals surface area contributed by atoms with Crippen molar-refractivity contribution in [3.63, 3.8) is 0 Å². The van der Waals surface area contributed by atoms with Gasteiger partial charge in [-0.3, -0.25) is 4.98 Å². The molecule has 14 heteroatoms. The minimum absolute atomic E-state index is 0.0264. The average Bonchev–Trinajstić information content (AvgIpc) is 3.31. The Kier molecular flexibility index (Phi) is 11.1. The Balaban J connectivity index is 1.33. The van der Waals surface area contributed by atoms with Crippen LogP contribution in [-0.4, -0.2) is 68.9 Å². The van der Waals surface area contributed by atoms with Crippen LogP contribution in [0.3, 0.4) is 0 Å². The van der Waals surface area contributed by atoms with Crippen LogP contribution < -0.4 is 14.8 Å². The highest BCUT2D eigenvalue weighted by atomic mass is 32.2. The fourth-order valence-corrected chi connectivity index (χ4v) is 8.08. The van der Waals surface area contributed by atoms with Crippen molar-refractivity contribution >= 4 is 33.1 Å². The lowest BCUT2D eigenvalue weighted by Gasteiger charge is -2.29. The van der Waals surface area contributed by atoms with Gasteiger partial charge < -0.3 is 24.5 Å². The van der Waals surface area contributed by atoms with Crippen molar-refractivity contribution in [1.29, 1.82) is 0 Å². The van der Waals surface area contributed by atoms with Crippen LogP contribution in [-0.2, 0) is 27.2 Å². The smallest absolute Gasteiger partial charge is 0.335 e. The number of nitrogens with one attached hydrogen (secondary N) is 2. The highest BCUT2D eigenvalue weighted by molar-refractivity contribution is 7.92. The van der Waals surface area contributed by atoms with Gasteiger partial charge in [0, 0.05) is 29.8 Å². The van der Waals surface area contributed by atoms with Crippen molar-refractivity contribution in [3.8, 4) is 17.1 Å². The zero-order valence-electron chi connectivity index (χ0n) is 32.0. The first-order valence-corrected chi connectivity index (χ1v) is 19.7. The summed E-state index contributed by atoms with van der Waals surface area (Å²) in [5.74, 6) is -1.30. The predicted molar refractivity (Wildman–Crippen MR) is 207 cm³/mol. The summed E-state index contributed by atoms with van der Waals surface area (Å²) in [6.45, 7) is 14.6. The van der Waals surface area contributed by atoms with E-state index in [0.29, 0.717) is 5.69 Å². The molecule has 0 radical (unpaired) electrons. The van der Waals surface area contributed by atoms with Crippen LogP contribution in [0.4, 0.5) is 5.95 Å². The highest BCUT2D eigenvalue weighted by Crippen LogP contribution is 2.32. The summed E-state index contributed by atoms with van der Waals surface area (Å²) in [5.41, 5.74) is 6.60. The van der Waals surface area contributed by atoms with E-state index in [1.54, 1.807) is 6.07 Å². The van der Waals surface area contributed by atoms with E-state index >= 15 is 0 Å². The number of hydrogen-bond donors (Lipinski definition) is 3. The maximum atomic E-state index is 13.5. The Labute approximate surface area is 316 Å². The maximum absolute atomic E-state index is 13.5. The molecule has 1 aliphatic heterocycles. The fourth-order valence-electron chi connectivity index (χ4n) is 7.09. The first-order chi connectivity index (χ1) is 25.5.